The molecule has 0 amide bonds. The third-order valence-corrected chi connectivity index (χ3v) is 5.35. The fourth-order valence-electron chi connectivity index (χ4n) is 3.53. The van der Waals surface area contributed by atoms with Crippen LogP contribution in [0.25, 0.3) is 0 Å². The van der Waals surface area contributed by atoms with Gasteiger partial charge in [0, 0.05) is 13.1 Å². The molecule has 164 valence electrons. The predicted octanol–water partition coefficient (Wildman–Crippen LogP) is 3.48. The van der Waals surface area contributed by atoms with E-state index in [9.17, 15) is 10.2 Å². The lowest BCUT2D eigenvalue weighted by atomic mass is 9.99. The second-order valence-corrected chi connectivity index (χ2v) is 7.89. The normalized spacial score (nSPS) is 14.0. The van der Waals surface area contributed by atoms with Crippen molar-refractivity contribution in [1.29, 1.82) is 0 Å². The molecule has 0 heterocycles. The summed E-state index contributed by atoms with van der Waals surface area (Å²) in [5.74, 6) is 0. The van der Waals surface area contributed by atoms with Crippen molar-refractivity contribution in [3.63, 3.8) is 0 Å². The highest BCUT2D eigenvalue weighted by molar-refractivity contribution is 4.67. The van der Waals surface area contributed by atoms with E-state index in [1.165, 1.54) is 38.5 Å². The molecule has 0 aliphatic carbocycles. The van der Waals surface area contributed by atoms with E-state index in [4.69, 9.17) is 10.2 Å². The van der Waals surface area contributed by atoms with Gasteiger partial charge in [0.15, 0.2) is 0 Å². The molecule has 5 nitrogen and oxygen atoms in total. The van der Waals surface area contributed by atoms with Gasteiger partial charge in [-0.2, -0.15) is 0 Å². The van der Waals surface area contributed by atoms with Gasteiger partial charge in [0.1, 0.15) is 0 Å². The molecule has 2 unspecified atom stereocenters. The first-order chi connectivity index (χ1) is 13.2. The molecule has 5 heteroatoms. The predicted molar refractivity (Wildman–Crippen MR) is 113 cm³/mol. The zero-order chi connectivity index (χ0) is 20.2. The zero-order valence-electron chi connectivity index (χ0n) is 17.8. The largest absolute Gasteiger partial charge is 0.395 e. The van der Waals surface area contributed by atoms with Crippen LogP contribution in [0.3, 0.4) is 0 Å². The van der Waals surface area contributed by atoms with E-state index in [0.29, 0.717) is 19.5 Å². The van der Waals surface area contributed by atoms with Crippen molar-refractivity contribution < 1.29 is 20.4 Å². The summed E-state index contributed by atoms with van der Waals surface area (Å²) in [4.78, 5) is 2.10. The third-order valence-electron chi connectivity index (χ3n) is 5.35. The Morgan fingerprint density at radius 1 is 0.556 bits per heavy atom. The number of rotatable bonds is 21. The van der Waals surface area contributed by atoms with Crippen LogP contribution >= 0.6 is 0 Å². The third kappa shape index (κ3) is 17.6. The standard InChI is InChI=1S/C22H47NO4/c1-2-3-4-5-8-11-14-21(26)22(27)15-12-9-6-7-10-13-16-23(17-19-24)18-20-25/h21-22,24-27H,2-20H2,1H3. The molecule has 0 aliphatic heterocycles. The second kappa shape index (κ2) is 20.5. The Bertz CT molecular complexity index is 285. The van der Waals surface area contributed by atoms with Crippen molar-refractivity contribution >= 4 is 0 Å². The molecule has 2 atom stereocenters. The lowest BCUT2D eigenvalue weighted by Gasteiger charge is -2.19. The SMILES string of the molecule is CCCCCCCCC(O)C(O)CCCCCCCCN(CCO)CCO. The molecule has 0 saturated carbocycles. The van der Waals surface area contributed by atoms with Crippen LogP contribution in [-0.2, 0) is 0 Å². The van der Waals surface area contributed by atoms with E-state index in [-0.39, 0.29) is 13.2 Å². The summed E-state index contributed by atoms with van der Waals surface area (Å²) < 4.78 is 0. The Hall–Kier alpha value is -0.200. The first-order valence-corrected chi connectivity index (χ1v) is 11.5. The molecule has 0 rings (SSSR count). The van der Waals surface area contributed by atoms with Gasteiger partial charge in [-0.05, 0) is 25.8 Å². The van der Waals surface area contributed by atoms with Crippen molar-refractivity contribution in [1.82, 2.24) is 4.90 Å². The minimum Gasteiger partial charge on any atom is -0.395 e. The Morgan fingerprint density at radius 3 is 1.41 bits per heavy atom. The van der Waals surface area contributed by atoms with Crippen molar-refractivity contribution in [2.45, 2.75) is 109 Å². The smallest absolute Gasteiger partial charge is 0.0799 e. The molecule has 0 radical (unpaired) electrons. The van der Waals surface area contributed by atoms with Gasteiger partial charge >= 0.3 is 0 Å². The van der Waals surface area contributed by atoms with Gasteiger partial charge in [-0.3, -0.25) is 4.90 Å². The Morgan fingerprint density at radius 2 is 0.963 bits per heavy atom. The van der Waals surface area contributed by atoms with Crippen LogP contribution in [0.1, 0.15) is 96.8 Å². The number of nitrogens with zero attached hydrogens (tertiary/aromatic N) is 1. The van der Waals surface area contributed by atoms with Crippen molar-refractivity contribution in [2.24, 2.45) is 0 Å². The summed E-state index contributed by atoms with van der Waals surface area (Å²) >= 11 is 0. The minimum absolute atomic E-state index is 0.146. The highest BCUT2D eigenvalue weighted by atomic mass is 16.3. The average Bonchev–Trinajstić information content (AvgIpc) is 2.66. The minimum atomic E-state index is -0.564. The van der Waals surface area contributed by atoms with Crippen LogP contribution in [0, 0.1) is 0 Å². The zero-order valence-corrected chi connectivity index (χ0v) is 17.8. The fourth-order valence-corrected chi connectivity index (χ4v) is 3.53. The highest BCUT2D eigenvalue weighted by Crippen LogP contribution is 2.15. The Balaban J connectivity index is 3.47. The first kappa shape index (κ1) is 26.8. The van der Waals surface area contributed by atoms with Gasteiger partial charge in [0.25, 0.3) is 0 Å². The van der Waals surface area contributed by atoms with Crippen LogP contribution in [0.2, 0.25) is 0 Å². The molecule has 0 spiro atoms. The van der Waals surface area contributed by atoms with Crippen molar-refractivity contribution in [3.8, 4) is 0 Å². The number of aliphatic hydroxyl groups excluding tert-OH is 4. The van der Waals surface area contributed by atoms with E-state index in [2.05, 4.69) is 11.8 Å². The fraction of sp³-hybridized carbons (Fsp3) is 1.00. The van der Waals surface area contributed by atoms with E-state index in [1.807, 2.05) is 0 Å². The summed E-state index contributed by atoms with van der Waals surface area (Å²) in [5.41, 5.74) is 0. The second-order valence-electron chi connectivity index (χ2n) is 7.89. The van der Waals surface area contributed by atoms with Gasteiger partial charge in [-0.25, -0.2) is 0 Å². The van der Waals surface area contributed by atoms with Gasteiger partial charge < -0.3 is 20.4 Å². The summed E-state index contributed by atoms with van der Waals surface area (Å²) in [6.45, 7) is 4.72. The quantitative estimate of drug-likeness (QED) is 0.226. The van der Waals surface area contributed by atoms with E-state index in [0.717, 1.165) is 51.5 Å². The highest BCUT2D eigenvalue weighted by Gasteiger charge is 2.15. The molecule has 0 bridgehead atoms. The molecule has 0 aromatic carbocycles. The first-order valence-electron chi connectivity index (χ1n) is 11.5. The molecule has 27 heavy (non-hydrogen) atoms. The van der Waals surface area contributed by atoms with Crippen LogP contribution in [0.15, 0.2) is 0 Å². The molecular weight excluding hydrogens is 342 g/mol. The number of hydrogen-bond acceptors (Lipinski definition) is 5. The summed E-state index contributed by atoms with van der Waals surface area (Å²) in [5, 5.41) is 38.1. The average molecular weight is 390 g/mol. The van der Waals surface area contributed by atoms with Crippen LogP contribution < -0.4 is 0 Å². The van der Waals surface area contributed by atoms with Gasteiger partial charge in [-0.1, -0.05) is 77.6 Å². The molecule has 0 saturated heterocycles. The Labute approximate surface area is 167 Å². The number of aliphatic hydroxyl groups is 4. The van der Waals surface area contributed by atoms with Gasteiger partial charge in [0.05, 0.1) is 25.4 Å². The Kier molecular flexibility index (Phi) is 20.4. The van der Waals surface area contributed by atoms with E-state index in [1.54, 1.807) is 0 Å². The number of unbranched alkanes of at least 4 members (excludes halogenated alkanes) is 10. The van der Waals surface area contributed by atoms with Gasteiger partial charge in [0.2, 0.25) is 0 Å². The lowest BCUT2D eigenvalue weighted by molar-refractivity contribution is 0.00711. The molecule has 4 N–H and O–H groups in total. The van der Waals surface area contributed by atoms with Crippen LogP contribution in [0.5, 0.6) is 0 Å². The van der Waals surface area contributed by atoms with Crippen molar-refractivity contribution in [2.75, 3.05) is 32.8 Å². The van der Waals surface area contributed by atoms with Crippen LogP contribution in [0.4, 0.5) is 0 Å². The maximum absolute atomic E-state index is 10.1. The maximum atomic E-state index is 10.1. The summed E-state index contributed by atoms with van der Waals surface area (Å²) in [7, 11) is 0. The van der Waals surface area contributed by atoms with E-state index < -0.39 is 12.2 Å². The topological polar surface area (TPSA) is 84.2 Å². The summed E-state index contributed by atoms with van der Waals surface area (Å²) in [6.07, 6.45) is 14.3. The summed E-state index contributed by atoms with van der Waals surface area (Å²) in [6, 6.07) is 0. The lowest BCUT2D eigenvalue weighted by Crippen LogP contribution is -2.30. The molecule has 0 aliphatic rings. The molecule has 0 aromatic rings. The van der Waals surface area contributed by atoms with E-state index >= 15 is 0 Å². The molecular formula is C22H47NO4. The van der Waals surface area contributed by atoms with Gasteiger partial charge in [-0.15, -0.1) is 0 Å². The van der Waals surface area contributed by atoms with Crippen LogP contribution in [-0.4, -0.2) is 70.4 Å². The van der Waals surface area contributed by atoms with Crippen molar-refractivity contribution in [3.05, 3.63) is 0 Å². The monoisotopic (exact) mass is 389 g/mol. The number of hydrogen-bond donors (Lipinski definition) is 4. The maximum Gasteiger partial charge on any atom is 0.0799 e. The molecule has 0 fully saturated rings. The molecule has 0 aromatic heterocycles.